The van der Waals surface area contributed by atoms with Gasteiger partial charge in [-0.15, -0.1) is 20.4 Å². The molecule has 4 atom stereocenters. The number of aromatic hydroxyl groups is 1. The molecule has 2 fully saturated rings. The van der Waals surface area contributed by atoms with Crippen LogP contribution in [0.15, 0.2) is 30.5 Å². The molecule has 0 radical (unpaired) electrons. The molecular formula is C26H29FN6O3. The van der Waals surface area contributed by atoms with Gasteiger partial charge in [0.1, 0.15) is 25.1 Å². The highest BCUT2D eigenvalue weighted by Crippen LogP contribution is 2.51. The Labute approximate surface area is 208 Å². The third-order valence-corrected chi connectivity index (χ3v) is 7.94. The molecule has 3 aromatic rings. The van der Waals surface area contributed by atoms with E-state index in [0.717, 1.165) is 25.7 Å². The smallest absolute Gasteiger partial charge is 0.276 e. The van der Waals surface area contributed by atoms with Gasteiger partial charge in [-0.2, -0.15) is 0 Å². The molecule has 1 N–H and O–H groups in total. The first-order chi connectivity index (χ1) is 17.4. The Morgan fingerprint density at radius 1 is 1.11 bits per heavy atom. The van der Waals surface area contributed by atoms with Gasteiger partial charge in [-0.3, -0.25) is 0 Å². The highest BCUT2D eigenvalue weighted by molar-refractivity contribution is 5.72. The van der Waals surface area contributed by atoms with Crippen LogP contribution in [0.4, 0.5) is 10.2 Å². The Morgan fingerprint density at radius 2 is 1.97 bits per heavy atom. The van der Waals surface area contributed by atoms with Crippen LogP contribution in [0.5, 0.6) is 17.4 Å². The first-order valence-electron chi connectivity index (χ1n) is 12.4. The minimum atomic E-state index is -0.916. The van der Waals surface area contributed by atoms with Crippen molar-refractivity contribution in [1.82, 2.24) is 25.4 Å². The van der Waals surface area contributed by atoms with Gasteiger partial charge in [-0.1, -0.05) is 25.8 Å². The van der Waals surface area contributed by atoms with E-state index in [1.165, 1.54) is 6.42 Å². The zero-order valence-electron chi connectivity index (χ0n) is 20.4. The van der Waals surface area contributed by atoms with Crippen molar-refractivity contribution in [3.63, 3.8) is 0 Å². The van der Waals surface area contributed by atoms with Crippen molar-refractivity contribution >= 4 is 5.82 Å². The lowest BCUT2D eigenvalue weighted by molar-refractivity contribution is -0.0109. The Balaban J connectivity index is 1.21. The number of ether oxygens (including phenoxy) is 2. The van der Waals surface area contributed by atoms with Crippen LogP contribution < -0.4 is 14.4 Å². The van der Waals surface area contributed by atoms with E-state index in [9.17, 15) is 5.11 Å². The maximum absolute atomic E-state index is 15.5. The molecule has 9 nitrogen and oxygen atoms in total. The lowest BCUT2D eigenvalue weighted by atomic mass is 9.60. The van der Waals surface area contributed by atoms with E-state index in [1.54, 1.807) is 30.5 Å². The summed E-state index contributed by atoms with van der Waals surface area (Å²) in [4.78, 5) is 6.32. The van der Waals surface area contributed by atoms with Crippen LogP contribution in [-0.2, 0) is 0 Å². The molecule has 1 aromatic carbocycles. The van der Waals surface area contributed by atoms with Crippen molar-refractivity contribution in [3.05, 3.63) is 30.5 Å². The van der Waals surface area contributed by atoms with Gasteiger partial charge in [-0.25, -0.2) is 9.37 Å². The molecule has 2 aromatic heterocycles. The fourth-order valence-corrected chi connectivity index (χ4v) is 5.99. The van der Waals surface area contributed by atoms with Gasteiger partial charge in [-0.05, 0) is 37.3 Å². The van der Waals surface area contributed by atoms with E-state index in [2.05, 4.69) is 32.3 Å². The molecule has 6 rings (SSSR count). The Bertz CT molecular complexity index is 1280. The SMILES string of the molecule is CN(c1cnc(-c2ccc(-c3cc4c(nn3)OCCO4)cc2O)nn1)[C@@H]1C[C@H]2CCC[C@](C)(C2)[C@@H]1F. The monoisotopic (exact) mass is 492 g/mol. The van der Waals surface area contributed by atoms with E-state index in [4.69, 9.17) is 9.47 Å². The van der Waals surface area contributed by atoms with Crippen molar-refractivity contribution in [2.24, 2.45) is 11.3 Å². The minimum absolute atomic E-state index is 0.0102. The molecule has 2 saturated carbocycles. The first kappa shape index (κ1) is 22.9. The van der Waals surface area contributed by atoms with Crippen LogP contribution in [0, 0.1) is 11.3 Å². The summed E-state index contributed by atoms with van der Waals surface area (Å²) in [6.07, 6.45) is 5.68. The number of halogens is 1. The summed E-state index contributed by atoms with van der Waals surface area (Å²) in [7, 11) is 1.87. The molecule has 2 aliphatic carbocycles. The summed E-state index contributed by atoms with van der Waals surface area (Å²) in [6.45, 7) is 2.97. The van der Waals surface area contributed by atoms with E-state index in [0.29, 0.717) is 53.4 Å². The molecule has 188 valence electrons. The second-order valence-electron chi connectivity index (χ2n) is 10.4. The van der Waals surface area contributed by atoms with E-state index in [1.807, 2.05) is 11.9 Å². The van der Waals surface area contributed by atoms with Crippen molar-refractivity contribution in [1.29, 1.82) is 0 Å². The zero-order chi connectivity index (χ0) is 24.9. The van der Waals surface area contributed by atoms with Gasteiger partial charge >= 0.3 is 0 Å². The number of rotatable bonds is 4. The number of benzene rings is 1. The van der Waals surface area contributed by atoms with Crippen LogP contribution in [0.1, 0.15) is 39.0 Å². The average Bonchev–Trinajstić information content (AvgIpc) is 2.90. The van der Waals surface area contributed by atoms with Crippen LogP contribution in [-0.4, -0.2) is 63.0 Å². The molecule has 36 heavy (non-hydrogen) atoms. The van der Waals surface area contributed by atoms with Gasteiger partial charge in [0.2, 0.25) is 0 Å². The number of phenolic OH excluding ortho intramolecular Hbond substituents is 1. The minimum Gasteiger partial charge on any atom is -0.507 e. The predicted octanol–water partition coefficient (Wildman–Crippen LogP) is 4.22. The van der Waals surface area contributed by atoms with Crippen molar-refractivity contribution < 1.29 is 19.0 Å². The maximum atomic E-state index is 15.5. The molecule has 1 aliphatic heterocycles. The fourth-order valence-electron chi connectivity index (χ4n) is 5.99. The number of alkyl halides is 1. The number of nitrogens with zero attached hydrogens (tertiary/aromatic N) is 6. The van der Waals surface area contributed by atoms with Crippen LogP contribution in [0.3, 0.4) is 0 Å². The summed E-state index contributed by atoms with van der Waals surface area (Å²) in [5.41, 5.74) is 1.38. The standard InChI is InChI=1S/C26H29FN6O3/c1-26-7-3-4-15(13-26)10-19(23(26)27)33(2)22-14-28-24(31-30-22)17-6-5-16(11-20(17)34)18-12-21-25(32-29-18)36-9-8-35-21/h5-6,11-12,14-15,19,23,34H,3-4,7-10,13H2,1-2H3/t15-,19-,23-,26-/m1/s1. The highest BCUT2D eigenvalue weighted by atomic mass is 19.1. The Hall–Kier alpha value is -3.56. The number of hydrogen-bond donors (Lipinski definition) is 1. The van der Waals surface area contributed by atoms with E-state index in [-0.39, 0.29) is 23.0 Å². The molecule has 0 unspecified atom stereocenters. The number of phenols is 1. The third kappa shape index (κ3) is 3.98. The second kappa shape index (κ2) is 8.83. The van der Waals surface area contributed by atoms with E-state index < -0.39 is 6.17 Å². The summed E-state index contributed by atoms with van der Waals surface area (Å²) < 4.78 is 26.5. The van der Waals surface area contributed by atoms with Gasteiger partial charge < -0.3 is 19.5 Å². The molecule has 10 heteroatoms. The van der Waals surface area contributed by atoms with Crippen molar-refractivity contribution in [2.75, 3.05) is 25.2 Å². The molecule has 3 aliphatic rings. The summed E-state index contributed by atoms with van der Waals surface area (Å²) in [5, 5.41) is 27.5. The summed E-state index contributed by atoms with van der Waals surface area (Å²) in [5.74, 6) is 2.24. The van der Waals surface area contributed by atoms with Crippen LogP contribution in [0.25, 0.3) is 22.6 Å². The lowest BCUT2D eigenvalue weighted by Crippen LogP contribution is -2.54. The highest BCUT2D eigenvalue weighted by Gasteiger charge is 2.49. The second-order valence-corrected chi connectivity index (χ2v) is 10.4. The van der Waals surface area contributed by atoms with Gasteiger partial charge in [0.05, 0.1) is 23.5 Å². The molecule has 3 heterocycles. The topological polar surface area (TPSA) is 106 Å². The predicted molar refractivity (Wildman–Crippen MR) is 131 cm³/mol. The van der Waals surface area contributed by atoms with Crippen molar-refractivity contribution in [3.8, 4) is 40.0 Å². The molecular weight excluding hydrogens is 463 g/mol. The Kier molecular flexibility index (Phi) is 5.61. The molecule has 0 spiro atoms. The fraction of sp³-hybridized carbons (Fsp3) is 0.500. The maximum Gasteiger partial charge on any atom is 0.276 e. The van der Waals surface area contributed by atoms with Gasteiger partial charge in [0, 0.05) is 24.1 Å². The van der Waals surface area contributed by atoms with Crippen LogP contribution >= 0.6 is 0 Å². The van der Waals surface area contributed by atoms with Gasteiger partial charge in [0.25, 0.3) is 5.88 Å². The first-order valence-corrected chi connectivity index (χ1v) is 12.4. The number of aromatic nitrogens is 5. The average molecular weight is 493 g/mol. The largest absolute Gasteiger partial charge is 0.507 e. The molecule has 0 saturated heterocycles. The third-order valence-electron chi connectivity index (χ3n) is 7.94. The number of hydrogen-bond acceptors (Lipinski definition) is 9. The summed E-state index contributed by atoms with van der Waals surface area (Å²) >= 11 is 0. The molecule has 0 amide bonds. The van der Waals surface area contributed by atoms with Gasteiger partial charge in [0.15, 0.2) is 17.4 Å². The normalized spacial score (nSPS) is 26.9. The van der Waals surface area contributed by atoms with Crippen molar-refractivity contribution in [2.45, 2.75) is 51.2 Å². The number of anilines is 1. The zero-order valence-corrected chi connectivity index (χ0v) is 20.4. The van der Waals surface area contributed by atoms with E-state index >= 15 is 4.39 Å². The lowest BCUT2D eigenvalue weighted by Gasteiger charge is -2.51. The Morgan fingerprint density at radius 3 is 2.78 bits per heavy atom. The quantitative estimate of drug-likeness (QED) is 0.573. The molecule has 2 bridgehead atoms. The summed E-state index contributed by atoms with van der Waals surface area (Å²) in [6, 6.07) is 6.58. The van der Waals surface area contributed by atoms with Crippen LogP contribution in [0.2, 0.25) is 0 Å². The number of fused-ring (bicyclic) bond motifs is 3.